The molecule has 1 atom stereocenters. The largest absolute Gasteiger partial charge is 0.454 e. The smallest absolute Gasteiger partial charge is 0.317 e. The number of nitrogens with zero attached hydrogens (tertiary/aromatic N) is 1. The first-order valence-electron chi connectivity index (χ1n) is 7.03. The van der Waals surface area contributed by atoms with Crippen LogP contribution in [-0.4, -0.2) is 50.7 Å². The number of carbonyl (C=O) groups is 1. The molecule has 1 aromatic rings. The molecule has 0 radical (unpaired) electrons. The Balaban J connectivity index is 1.57. The molecule has 0 saturated carbocycles. The van der Waals surface area contributed by atoms with Crippen LogP contribution >= 0.6 is 0 Å². The van der Waals surface area contributed by atoms with Crippen molar-refractivity contribution in [2.24, 2.45) is 0 Å². The van der Waals surface area contributed by atoms with Crippen LogP contribution in [0.4, 0.5) is 4.79 Å². The molecule has 8 heteroatoms. The molecular formula is C14H18N2O5S. The van der Waals surface area contributed by atoms with E-state index in [9.17, 15) is 13.2 Å². The monoisotopic (exact) mass is 326 g/mol. The van der Waals surface area contributed by atoms with Crippen LogP contribution in [0, 0.1) is 0 Å². The maximum absolute atomic E-state index is 12.1. The molecule has 22 heavy (non-hydrogen) atoms. The molecule has 2 aliphatic rings. The second kappa shape index (κ2) is 5.68. The summed E-state index contributed by atoms with van der Waals surface area (Å²) in [7, 11) is -1.33. The Morgan fingerprint density at radius 1 is 1.36 bits per heavy atom. The van der Waals surface area contributed by atoms with Gasteiger partial charge in [0.2, 0.25) is 6.79 Å². The second-order valence-corrected chi connectivity index (χ2v) is 7.82. The van der Waals surface area contributed by atoms with E-state index in [1.165, 1.54) is 4.90 Å². The summed E-state index contributed by atoms with van der Waals surface area (Å²) in [6.07, 6.45) is 0.478. The van der Waals surface area contributed by atoms with Crippen molar-refractivity contribution < 1.29 is 22.7 Å². The molecule has 120 valence electrons. The Morgan fingerprint density at radius 3 is 2.86 bits per heavy atom. The topological polar surface area (TPSA) is 84.9 Å². The molecule has 7 nitrogen and oxygen atoms in total. The average Bonchev–Trinajstić information content (AvgIpc) is 3.04. The normalized spacial score (nSPS) is 21.6. The summed E-state index contributed by atoms with van der Waals surface area (Å²) in [6, 6.07) is 4.95. The summed E-state index contributed by atoms with van der Waals surface area (Å²) in [6.45, 7) is 0.618. The van der Waals surface area contributed by atoms with Crippen molar-refractivity contribution in [3.63, 3.8) is 0 Å². The quantitative estimate of drug-likeness (QED) is 0.886. The number of amides is 2. The highest BCUT2D eigenvalue weighted by Crippen LogP contribution is 2.32. The maximum atomic E-state index is 12.1. The fourth-order valence-electron chi connectivity index (χ4n) is 2.58. The molecule has 0 aromatic heterocycles. The Hall–Kier alpha value is -1.96. The van der Waals surface area contributed by atoms with E-state index in [1.54, 1.807) is 7.05 Å². The molecule has 1 saturated heterocycles. The Bertz CT molecular complexity index is 688. The minimum atomic E-state index is -3.00. The zero-order valence-electron chi connectivity index (χ0n) is 12.2. The lowest BCUT2D eigenvalue weighted by Crippen LogP contribution is -2.43. The van der Waals surface area contributed by atoms with Gasteiger partial charge in [0.25, 0.3) is 0 Å². The lowest BCUT2D eigenvalue weighted by molar-refractivity contribution is 0.174. The van der Waals surface area contributed by atoms with Crippen molar-refractivity contribution in [1.82, 2.24) is 10.2 Å². The van der Waals surface area contributed by atoms with Gasteiger partial charge in [0.1, 0.15) is 0 Å². The van der Waals surface area contributed by atoms with Crippen LogP contribution in [0.3, 0.4) is 0 Å². The number of benzene rings is 1. The van der Waals surface area contributed by atoms with Crippen LogP contribution < -0.4 is 14.8 Å². The van der Waals surface area contributed by atoms with Crippen LogP contribution in [0.1, 0.15) is 12.0 Å². The summed E-state index contributed by atoms with van der Waals surface area (Å²) >= 11 is 0. The summed E-state index contributed by atoms with van der Waals surface area (Å²) in [5.74, 6) is 1.54. The van der Waals surface area contributed by atoms with Gasteiger partial charge in [0.15, 0.2) is 21.3 Å². The van der Waals surface area contributed by atoms with Crippen molar-refractivity contribution >= 4 is 15.9 Å². The number of rotatable bonds is 3. The van der Waals surface area contributed by atoms with Gasteiger partial charge in [-0.25, -0.2) is 13.2 Å². The van der Waals surface area contributed by atoms with Crippen molar-refractivity contribution in [1.29, 1.82) is 0 Å². The number of urea groups is 1. The Morgan fingerprint density at radius 2 is 2.14 bits per heavy atom. The van der Waals surface area contributed by atoms with Crippen molar-refractivity contribution in [2.75, 3.05) is 25.3 Å². The molecule has 1 fully saturated rings. The predicted molar refractivity (Wildman–Crippen MR) is 79.6 cm³/mol. The van der Waals surface area contributed by atoms with Crippen molar-refractivity contribution in [3.8, 4) is 11.5 Å². The lowest BCUT2D eigenvalue weighted by Gasteiger charge is -2.20. The molecule has 0 unspecified atom stereocenters. The molecular weight excluding hydrogens is 308 g/mol. The van der Waals surface area contributed by atoms with Gasteiger partial charge in [0.05, 0.1) is 11.5 Å². The van der Waals surface area contributed by atoms with Crippen LogP contribution in [0.25, 0.3) is 0 Å². The van der Waals surface area contributed by atoms with E-state index >= 15 is 0 Å². The fraction of sp³-hybridized carbons (Fsp3) is 0.500. The van der Waals surface area contributed by atoms with E-state index in [2.05, 4.69) is 5.32 Å². The second-order valence-electron chi connectivity index (χ2n) is 5.59. The first-order valence-corrected chi connectivity index (χ1v) is 8.86. The number of nitrogens with one attached hydrogen (secondary N) is 1. The number of hydrogen-bond donors (Lipinski definition) is 1. The molecule has 1 aromatic carbocycles. The zero-order chi connectivity index (χ0) is 15.7. The van der Waals surface area contributed by atoms with E-state index < -0.39 is 9.84 Å². The predicted octanol–water partition coefficient (Wildman–Crippen LogP) is 0.744. The van der Waals surface area contributed by atoms with Gasteiger partial charge in [-0.2, -0.15) is 0 Å². The number of hydrogen-bond acceptors (Lipinski definition) is 5. The van der Waals surface area contributed by atoms with E-state index in [0.717, 1.165) is 5.56 Å². The van der Waals surface area contributed by atoms with Crippen LogP contribution in [-0.2, 0) is 16.4 Å². The molecule has 2 amide bonds. The van der Waals surface area contributed by atoms with Crippen LogP contribution in [0.2, 0.25) is 0 Å². The van der Waals surface area contributed by atoms with Gasteiger partial charge >= 0.3 is 6.03 Å². The first kappa shape index (κ1) is 15.0. The lowest BCUT2D eigenvalue weighted by atomic mass is 10.2. The standard InChI is InChI=1S/C14H18N2O5S/c1-16(14(17)15-11-4-5-22(18,19)8-11)7-10-2-3-12-13(6-10)21-9-20-12/h2-3,6,11H,4-5,7-9H2,1H3,(H,15,17)/t11-/m0/s1. The molecule has 0 aliphatic carbocycles. The van der Waals surface area contributed by atoms with E-state index in [4.69, 9.17) is 9.47 Å². The fourth-order valence-corrected chi connectivity index (χ4v) is 4.25. The number of ether oxygens (including phenoxy) is 2. The van der Waals surface area contributed by atoms with Crippen LogP contribution in [0.15, 0.2) is 18.2 Å². The number of fused-ring (bicyclic) bond motifs is 1. The highest BCUT2D eigenvalue weighted by molar-refractivity contribution is 7.91. The highest BCUT2D eigenvalue weighted by atomic mass is 32.2. The third-order valence-corrected chi connectivity index (χ3v) is 5.53. The molecule has 3 rings (SSSR count). The Labute approximate surface area is 129 Å². The zero-order valence-corrected chi connectivity index (χ0v) is 13.1. The molecule has 0 bridgehead atoms. The van der Waals surface area contributed by atoms with Gasteiger partial charge in [-0.15, -0.1) is 0 Å². The molecule has 2 heterocycles. The third-order valence-electron chi connectivity index (χ3n) is 3.76. The minimum absolute atomic E-state index is 0.0244. The van der Waals surface area contributed by atoms with Crippen molar-refractivity contribution in [2.45, 2.75) is 19.0 Å². The number of carbonyl (C=O) groups excluding carboxylic acids is 1. The first-order chi connectivity index (χ1) is 10.4. The molecule has 1 N–H and O–H groups in total. The summed E-state index contributed by atoms with van der Waals surface area (Å²) in [4.78, 5) is 13.6. The molecule has 0 spiro atoms. The van der Waals surface area contributed by atoms with Crippen molar-refractivity contribution in [3.05, 3.63) is 23.8 Å². The Kier molecular flexibility index (Phi) is 3.86. The van der Waals surface area contributed by atoms with Gasteiger partial charge < -0.3 is 19.7 Å². The van der Waals surface area contributed by atoms with Gasteiger partial charge in [-0.05, 0) is 24.1 Å². The summed E-state index contributed by atoms with van der Waals surface area (Å²) in [5.41, 5.74) is 0.918. The summed E-state index contributed by atoms with van der Waals surface area (Å²) < 4.78 is 33.3. The number of sulfone groups is 1. The minimum Gasteiger partial charge on any atom is -0.454 e. The third kappa shape index (κ3) is 3.27. The highest BCUT2D eigenvalue weighted by Gasteiger charge is 2.29. The van der Waals surface area contributed by atoms with E-state index in [0.29, 0.717) is 24.5 Å². The maximum Gasteiger partial charge on any atom is 0.317 e. The van der Waals surface area contributed by atoms with Gasteiger partial charge in [-0.3, -0.25) is 0 Å². The molecule has 2 aliphatic heterocycles. The van der Waals surface area contributed by atoms with Gasteiger partial charge in [0, 0.05) is 19.6 Å². The average molecular weight is 326 g/mol. The van der Waals surface area contributed by atoms with E-state index in [-0.39, 0.29) is 30.4 Å². The van der Waals surface area contributed by atoms with Crippen LogP contribution in [0.5, 0.6) is 11.5 Å². The SMILES string of the molecule is CN(Cc1ccc2c(c1)OCO2)C(=O)N[C@H]1CCS(=O)(=O)C1. The van der Waals surface area contributed by atoms with E-state index in [1.807, 2.05) is 18.2 Å². The van der Waals surface area contributed by atoms with Gasteiger partial charge in [-0.1, -0.05) is 6.07 Å². The summed E-state index contributed by atoms with van der Waals surface area (Å²) in [5, 5.41) is 2.76.